The minimum atomic E-state index is -3.84. The number of halogens is 1. The van der Waals surface area contributed by atoms with Crippen molar-refractivity contribution < 1.29 is 12.8 Å². The second kappa shape index (κ2) is 10.1. The predicted molar refractivity (Wildman–Crippen MR) is 155 cm³/mol. The third-order valence-corrected chi connectivity index (χ3v) is 9.55. The number of hydrogen-bond donors (Lipinski definition) is 1. The summed E-state index contributed by atoms with van der Waals surface area (Å²) in [6, 6.07) is 10.7. The Bertz CT molecular complexity index is 1990. The van der Waals surface area contributed by atoms with Gasteiger partial charge < -0.3 is 5.32 Å². The number of nitrogens with one attached hydrogen (secondary N) is 1. The van der Waals surface area contributed by atoms with Gasteiger partial charge in [0, 0.05) is 32.2 Å². The maximum atomic E-state index is 14.7. The van der Waals surface area contributed by atoms with E-state index in [9.17, 15) is 27.2 Å². The zero-order chi connectivity index (χ0) is 29.1. The molecule has 0 unspecified atom stereocenters. The molecule has 1 aliphatic heterocycles. The van der Waals surface area contributed by atoms with Gasteiger partial charge in [-0.05, 0) is 56.0 Å². The van der Waals surface area contributed by atoms with Crippen LogP contribution >= 0.6 is 0 Å². The minimum Gasteiger partial charge on any atom is -0.352 e. The van der Waals surface area contributed by atoms with E-state index < -0.39 is 32.6 Å². The van der Waals surface area contributed by atoms with Gasteiger partial charge in [0.05, 0.1) is 22.0 Å². The molecule has 0 atom stereocenters. The molecule has 2 aromatic heterocycles. The van der Waals surface area contributed by atoms with Crippen LogP contribution in [0.3, 0.4) is 0 Å². The summed E-state index contributed by atoms with van der Waals surface area (Å²) < 4.78 is 46.6. The first kappa shape index (κ1) is 27.2. The van der Waals surface area contributed by atoms with E-state index in [2.05, 4.69) is 5.32 Å². The van der Waals surface area contributed by atoms with Gasteiger partial charge in [0.2, 0.25) is 10.0 Å². The second-order valence-electron chi connectivity index (χ2n) is 10.5. The van der Waals surface area contributed by atoms with Crippen molar-refractivity contribution in [1.82, 2.24) is 18.0 Å². The van der Waals surface area contributed by atoms with Crippen LogP contribution in [0.1, 0.15) is 38.1 Å². The van der Waals surface area contributed by atoms with E-state index in [1.54, 1.807) is 6.07 Å². The zero-order valence-corrected chi connectivity index (χ0v) is 23.2. The molecule has 2 aromatic carbocycles. The summed E-state index contributed by atoms with van der Waals surface area (Å²) in [6.45, 7) is 0.820. The third-order valence-electron chi connectivity index (χ3n) is 7.65. The Balaban J connectivity index is 1.63. The number of rotatable bonds is 6. The van der Waals surface area contributed by atoms with Crippen molar-refractivity contribution in [2.45, 2.75) is 43.0 Å². The van der Waals surface area contributed by atoms with Crippen LogP contribution in [0.2, 0.25) is 0 Å². The average molecular weight is 575 g/mol. The Kier molecular flexibility index (Phi) is 6.73. The number of nitrogens with zero attached hydrogens (tertiary/aromatic N) is 4. The Hall–Kier alpha value is -3.97. The SMILES string of the molecule is [B]c1ccc(Nc2cc(=O)n(C)c3c2c(=O)n(C2CC2)c(=O)n3-c2cccc(S(=O)(=O)N3CCCCC3)c2)c(F)c1. The first-order valence-corrected chi connectivity index (χ1v) is 14.9. The van der Waals surface area contributed by atoms with Crippen LogP contribution in [0.25, 0.3) is 16.7 Å². The van der Waals surface area contributed by atoms with Gasteiger partial charge in [-0.3, -0.25) is 18.7 Å². The summed E-state index contributed by atoms with van der Waals surface area (Å²) >= 11 is 0. The van der Waals surface area contributed by atoms with Gasteiger partial charge in [0.1, 0.15) is 24.7 Å². The molecule has 1 aliphatic carbocycles. The molecule has 2 fully saturated rings. The standard InChI is InChI=1S/C28H27BFN5O5S/c1-32-24(36)16-23(31-22-11-8-17(29)14-21(22)30)25-26(32)34(28(38)35(27(25)37)18-9-10-18)19-6-5-7-20(15-19)41(39,40)33-12-3-2-4-13-33/h5-8,11,14-16,18,31H,2-4,9-10,12-13H2,1H3. The molecule has 2 aliphatic rings. The summed E-state index contributed by atoms with van der Waals surface area (Å²) in [5.74, 6) is -0.690. The lowest BCUT2D eigenvalue weighted by molar-refractivity contribution is 0.346. The molecular formula is C28H27BFN5O5S. The topological polar surface area (TPSA) is 115 Å². The second-order valence-corrected chi connectivity index (χ2v) is 12.4. The maximum absolute atomic E-state index is 14.7. The Morgan fingerprint density at radius 1 is 0.951 bits per heavy atom. The molecule has 3 heterocycles. The lowest BCUT2D eigenvalue weighted by Gasteiger charge is -2.26. The van der Waals surface area contributed by atoms with Crippen LogP contribution < -0.4 is 27.6 Å². The van der Waals surface area contributed by atoms with E-state index in [0.717, 1.165) is 34.5 Å². The van der Waals surface area contributed by atoms with E-state index in [4.69, 9.17) is 7.85 Å². The van der Waals surface area contributed by atoms with Crippen molar-refractivity contribution in [3.05, 3.63) is 85.5 Å². The summed E-state index contributed by atoms with van der Waals surface area (Å²) in [5.41, 5.74) is -1.56. The first-order chi connectivity index (χ1) is 19.6. The zero-order valence-electron chi connectivity index (χ0n) is 22.3. The fourth-order valence-electron chi connectivity index (χ4n) is 5.36. The van der Waals surface area contributed by atoms with Crippen molar-refractivity contribution in [2.75, 3.05) is 18.4 Å². The molecule has 41 heavy (non-hydrogen) atoms. The van der Waals surface area contributed by atoms with E-state index in [1.807, 2.05) is 0 Å². The number of fused-ring (bicyclic) bond motifs is 1. The fourth-order valence-corrected chi connectivity index (χ4v) is 6.92. The van der Waals surface area contributed by atoms with Crippen molar-refractivity contribution in [1.29, 1.82) is 0 Å². The lowest BCUT2D eigenvalue weighted by atomic mass is 9.96. The molecule has 1 N–H and O–H groups in total. The molecule has 4 aromatic rings. The molecule has 0 spiro atoms. The molecule has 0 amide bonds. The predicted octanol–water partition coefficient (Wildman–Crippen LogP) is 2.04. The number of hydrogen-bond acceptors (Lipinski definition) is 6. The molecular weight excluding hydrogens is 548 g/mol. The molecule has 210 valence electrons. The maximum Gasteiger partial charge on any atom is 0.337 e. The van der Waals surface area contributed by atoms with Gasteiger partial charge in [-0.15, -0.1) is 0 Å². The Labute approximate surface area is 236 Å². The van der Waals surface area contributed by atoms with E-state index in [1.165, 1.54) is 52.3 Å². The van der Waals surface area contributed by atoms with Gasteiger partial charge in [-0.1, -0.05) is 24.0 Å². The van der Waals surface area contributed by atoms with Crippen molar-refractivity contribution in [2.24, 2.45) is 7.05 Å². The van der Waals surface area contributed by atoms with E-state index in [0.29, 0.717) is 25.9 Å². The van der Waals surface area contributed by atoms with Gasteiger partial charge in [0.15, 0.2) is 0 Å². The molecule has 10 nitrogen and oxygen atoms in total. The van der Waals surface area contributed by atoms with E-state index in [-0.39, 0.29) is 44.5 Å². The smallest absolute Gasteiger partial charge is 0.337 e. The van der Waals surface area contributed by atoms with E-state index >= 15 is 0 Å². The lowest BCUT2D eigenvalue weighted by Crippen LogP contribution is -2.41. The third kappa shape index (κ3) is 4.72. The molecule has 1 saturated heterocycles. The molecule has 6 rings (SSSR count). The molecule has 0 bridgehead atoms. The minimum absolute atomic E-state index is 0.00402. The number of anilines is 2. The van der Waals surface area contributed by atoms with Crippen LogP contribution in [-0.2, 0) is 17.1 Å². The summed E-state index contributed by atoms with van der Waals surface area (Å²) in [6.07, 6.45) is 3.72. The Morgan fingerprint density at radius 3 is 2.37 bits per heavy atom. The van der Waals surface area contributed by atoms with Crippen molar-refractivity contribution in [3.63, 3.8) is 0 Å². The quantitative estimate of drug-likeness (QED) is 0.352. The number of sulfonamides is 1. The highest BCUT2D eigenvalue weighted by Gasteiger charge is 2.32. The number of pyridine rings is 1. The normalized spacial score (nSPS) is 16.2. The Morgan fingerprint density at radius 2 is 1.68 bits per heavy atom. The average Bonchev–Trinajstić information content (AvgIpc) is 3.78. The van der Waals surface area contributed by atoms with Crippen LogP contribution in [0.5, 0.6) is 0 Å². The summed E-state index contributed by atoms with van der Waals surface area (Å²) in [7, 11) is 3.25. The summed E-state index contributed by atoms with van der Waals surface area (Å²) in [4.78, 5) is 40.9. The highest BCUT2D eigenvalue weighted by atomic mass is 32.2. The molecule has 1 saturated carbocycles. The summed E-state index contributed by atoms with van der Waals surface area (Å²) in [5, 5.41) is 2.82. The van der Waals surface area contributed by atoms with Gasteiger partial charge in [-0.2, -0.15) is 4.31 Å². The van der Waals surface area contributed by atoms with Gasteiger partial charge >= 0.3 is 5.69 Å². The molecule has 2 radical (unpaired) electrons. The van der Waals surface area contributed by atoms with Crippen LogP contribution in [0.4, 0.5) is 15.8 Å². The van der Waals surface area contributed by atoms with Gasteiger partial charge in [-0.25, -0.2) is 22.2 Å². The number of aryl methyl sites for hydroxylation is 1. The number of aromatic nitrogens is 3. The van der Waals surface area contributed by atoms with Crippen LogP contribution in [0, 0.1) is 5.82 Å². The van der Waals surface area contributed by atoms with Crippen LogP contribution in [0.15, 0.2) is 67.8 Å². The van der Waals surface area contributed by atoms with Crippen molar-refractivity contribution in [3.8, 4) is 5.69 Å². The van der Waals surface area contributed by atoms with Gasteiger partial charge in [0.25, 0.3) is 11.1 Å². The number of piperidine rings is 1. The largest absolute Gasteiger partial charge is 0.352 e. The number of benzene rings is 2. The molecule has 13 heteroatoms. The highest BCUT2D eigenvalue weighted by Crippen LogP contribution is 2.34. The van der Waals surface area contributed by atoms with Crippen molar-refractivity contribution >= 4 is 45.7 Å². The fraction of sp³-hybridized carbons (Fsp3) is 0.321. The van der Waals surface area contributed by atoms with Crippen LogP contribution in [-0.4, -0.2) is 47.4 Å². The highest BCUT2D eigenvalue weighted by molar-refractivity contribution is 7.89. The monoisotopic (exact) mass is 575 g/mol. The first-order valence-electron chi connectivity index (χ1n) is 13.4.